The second-order valence-corrected chi connectivity index (χ2v) is 4.68. The first-order chi connectivity index (χ1) is 9.24. The van der Waals surface area contributed by atoms with Gasteiger partial charge in [-0.3, -0.25) is 0 Å². The Morgan fingerprint density at radius 2 is 1.95 bits per heavy atom. The number of guanidine groups is 1. The molecule has 0 aliphatic carbocycles. The Balaban J connectivity index is 0.00000200. The van der Waals surface area contributed by atoms with Gasteiger partial charge in [-0.25, -0.2) is 4.99 Å². The molecule has 1 saturated heterocycles. The Kier molecular flexibility index (Phi) is 7.86. The molecule has 0 aromatic heterocycles. The van der Waals surface area contributed by atoms with Crippen molar-refractivity contribution in [1.82, 2.24) is 0 Å². The maximum Gasteiger partial charge on any atom is 0.186 e. The molecule has 1 fully saturated rings. The maximum absolute atomic E-state index is 5.88. The van der Waals surface area contributed by atoms with Crippen molar-refractivity contribution in [1.29, 1.82) is 0 Å². The van der Waals surface area contributed by atoms with Gasteiger partial charge >= 0.3 is 0 Å². The van der Waals surface area contributed by atoms with Crippen LogP contribution in [0.25, 0.3) is 0 Å². The molecule has 0 amide bonds. The van der Waals surface area contributed by atoms with Gasteiger partial charge < -0.3 is 20.9 Å². The molecule has 0 spiro atoms. The lowest BCUT2D eigenvalue weighted by atomic mass is 10.1. The first-order valence-electron chi connectivity index (χ1n) is 6.56. The summed E-state index contributed by atoms with van der Waals surface area (Å²) >= 11 is 0. The van der Waals surface area contributed by atoms with Crippen molar-refractivity contribution >= 4 is 29.9 Å². The monoisotopic (exact) mass is 391 g/mol. The molecule has 0 saturated carbocycles. The fraction of sp³-hybridized carbons (Fsp3) is 0.500. The Hall–Kier alpha value is -0.860. The third kappa shape index (κ3) is 6.06. The summed E-state index contributed by atoms with van der Waals surface area (Å²) in [5, 5.41) is 0. The molecule has 112 valence electrons. The minimum atomic E-state index is 0. The van der Waals surface area contributed by atoms with Crippen LogP contribution in [-0.4, -0.2) is 25.3 Å². The molecule has 0 radical (unpaired) electrons. The van der Waals surface area contributed by atoms with E-state index in [1.165, 1.54) is 0 Å². The standard InChI is InChI=1S/C14H21N3O2.HI/c15-14(16)17-9-11-2-1-3-12(8-11)10-19-13-4-6-18-7-5-13;/h1-3,8,13H,4-7,9-10H2,(H4,15,16,17);1H. The van der Waals surface area contributed by atoms with Crippen LogP contribution in [0.4, 0.5) is 0 Å². The van der Waals surface area contributed by atoms with Crippen molar-refractivity contribution in [2.24, 2.45) is 16.5 Å². The van der Waals surface area contributed by atoms with Crippen LogP contribution in [0.5, 0.6) is 0 Å². The minimum Gasteiger partial charge on any atom is -0.381 e. The summed E-state index contributed by atoms with van der Waals surface area (Å²) in [5.41, 5.74) is 12.9. The molecule has 0 atom stereocenters. The zero-order valence-corrected chi connectivity index (χ0v) is 13.8. The van der Waals surface area contributed by atoms with E-state index < -0.39 is 0 Å². The van der Waals surface area contributed by atoms with E-state index in [4.69, 9.17) is 20.9 Å². The second-order valence-electron chi connectivity index (χ2n) is 4.68. The molecule has 0 unspecified atom stereocenters. The molecular formula is C14H22IN3O2. The molecule has 5 nitrogen and oxygen atoms in total. The molecule has 20 heavy (non-hydrogen) atoms. The van der Waals surface area contributed by atoms with Gasteiger partial charge in [0, 0.05) is 13.2 Å². The van der Waals surface area contributed by atoms with Crippen molar-refractivity contribution in [3.63, 3.8) is 0 Å². The van der Waals surface area contributed by atoms with Gasteiger partial charge in [0.25, 0.3) is 0 Å². The van der Waals surface area contributed by atoms with Crippen molar-refractivity contribution in [3.05, 3.63) is 35.4 Å². The number of aliphatic imine (C=N–C) groups is 1. The SMILES string of the molecule is I.NC(N)=NCc1cccc(COC2CCOCC2)c1. The lowest BCUT2D eigenvalue weighted by Crippen LogP contribution is -2.23. The van der Waals surface area contributed by atoms with E-state index in [9.17, 15) is 0 Å². The Bertz CT molecular complexity index is 430. The number of hydrogen-bond donors (Lipinski definition) is 2. The summed E-state index contributed by atoms with van der Waals surface area (Å²) in [6.45, 7) is 2.73. The lowest BCUT2D eigenvalue weighted by molar-refractivity contribution is -0.0390. The fourth-order valence-corrected chi connectivity index (χ4v) is 2.06. The lowest BCUT2D eigenvalue weighted by Gasteiger charge is -2.22. The van der Waals surface area contributed by atoms with E-state index in [-0.39, 0.29) is 29.9 Å². The predicted octanol–water partition coefficient (Wildman–Crippen LogP) is 1.77. The van der Waals surface area contributed by atoms with Crippen molar-refractivity contribution in [2.45, 2.75) is 32.1 Å². The highest BCUT2D eigenvalue weighted by Gasteiger charge is 2.13. The third-order valence-electron chi connectivity index (χ3n) is 3.09. The molecule has 1 aromatic carbocycles. The van der Waals surface area contributed by atoms with Gasteiger partial charge in [-0.2, -0.15) is 0 Å². The van der Waals surface area contributed by atoms with Crippen LogP contribution in [0.3, 0.4) is 0 Å². The van der Waals surface area contributed by atoms with Gasteiger partial charge in [0.1, 0.15) is 0 Å². The smallest absolute Gasteiger partial charge is 0.186 e. The summed E-state index contributed by atoms with van der Waals surface area (Å²) in [5.74, 6) is 0.115. The number of benzene rings is 1. The van der Waals surface area contributed by atoms with E-state index in [0.29, 0.717) is 19.3 Å². The van der Waals surface area contributed by atoms with Crippen LogP contribution in [0.1, 0.15) is 24.0 Å². The molecular weight excluding hydrogens is 369 g/mol. The Morgan fingerprint density at radius 1 is 1.25 bits per heavy atom. The minimum absolute atomic E-state index is 0. The summed E-state index contributed by atoms with van der Waals surface area (Å²) < 4.78 is 11.2. The largest absolute Gasteiger partial charge is 0.381 e. The highest BCUT2D eigenvalue weighted by Crippen LogP contribution is 2.14. The van der Waals surface area contributed by atoms with E-state index in [1.807, 2.05) is 12.1 Å². The summed E-state index contributed by atoms with van der Waals surface area (Å²) in [4.78, 5) is 4.00. The van der Waals surface area contributed by atoms with E-state index in [0.717, 1.165) is 37.2 Å². The predicted molar refractivity (Wildman–Crippen MR) is 90.0 cm³/mol. The van der Waals surface area contributed by atoms with Gasteiger partial charge in [0.15, 0.2) is 5.96 Å². The van der Waals surface area contributed by atoms with Crippen molar-refractivity contribution < 1.29 is 9.47 Å². The van der Waals surface area contributed by atoms with Crippen molar-refractivity contribution in [2.75, 3.05) is 13.2 Å². The summed E-state index contributed by atoms with van der Waals surface area (Å²) in [6.07, 6.45) is 2.27. The molecule has 0 bridgehead atoms. The normalized spacial score (nSPS) is 15.4. The van der Waals surface area contributed by atoms with E-state index >= 15 is 0 Å². The highest BCUT2D eigenvalue weighted by atomic mass is 127. The van der Waals surface area contributed by atoms with Crippen LogP contribution >= 0.6 is 24.0 Å². The summed E-state index contributed by atoms with van der Waals surface area (Å²) in [7, 11) is 0. The van der Waals surface area contributed by atoms with E-state index in [2.05, 4.69) is 17.1 Å². The average Bonchev–Trinajstić information content (AvgIpc) is 2.44. The van der Waals surface area contributed by atoms with Gasteiger partial charge in [0.05, 0.1) is 19.3 Å². The first kappa shape index (κ1) is 17.2. The molecule has 1 aromatic rings. The molecule has 4 N–H and O–H groups in total. The number of ether oxygens (including phenoxy) is 2. The van der Waals surface area contributed by atoms with Crippen LogP contribution in [0.2, 0.25) is 0 Å². The Morgan fingerprint density at radius 3 is 2.65 bits per heavy atom. The zero-order valence-electron chi connectivity index (χ0n) is 11.5. The maximum atomic E-state index is 5.88. The molecule has 1 heterocycles. The van der Waals surface area contributed by atoms with Crippen LogP contribution in [-0.2, 0) is 22.6 Å². The van der Waals surface area contributed by atoms with Gasteiger partial charge in [-0.1, -0.05) is 24.3 Å². The highest BCUT2D eigenvalue weighted by molar-refractivity contribution is 14.0. The van der Waals surface area contributed by atoms with Gasteiger partial charge in [-0.15, -0.1) is 24.0 Å². The van der Waals surface area contributed by atoms with Crippen LogP contribution < -0.4 is 11.5 Å². The first-order valence-corrected chi connectivity index (χ1v) is 6.56. The number of halogens is 1. The van der Waals surface area contributed by atoms with Gasteiger partial charge in [0.2, 0.25) is 0 Å². The molecule has 6 heteroatoms. The topological polar surface area (TPSA) is 82.9 Å². The molecule has 1 aliphatic rings. The third-order valence-corrected chi connectivity index (χ3v) is 3.09. The zero-order chi connectivity index (χ0) is 13.5. The van der Waals surface area contributed by atoms with E-state index in [1.54, 1.807) is 0 Å². The molecule has 2 rings (SSSR count). The second kappa shape index (κ2) is 9.15. The quantitative estimate of drug-likeness (QED) is 0.455. The number of nitrogens with zero attached hydrogens (tertiary/aromatic N) is 1. The number of hydrogen-bond acceptors (Lipinski definition) is 3. The average molecular weight is 391 g/mol. The number of nitrogens with two attached hydrogens (primary N) is 2. The molecule has 1 aliphatic heterocycles. The van der Waals surface area contributed by atoms with Crippen LogP contribution in [0.15, 0.2) is 29.3 Å². The summed E-state index contributed by atoms with van der Waals surface area (Å²) in [6, 6.07) is 8.13. The fourth-order valence-electron chi connectivity index (χ4n) is 2.06. The van der Waals surface area contributed by atoms with Crippen molar-refractivity contribution in [3.8, 4) is 0 Å². The van der Waals surface area contributed by atoms with Crippen LogP contribution in [0, 0.1) is 0 Å². The number of rotatable bonds is 5. The Labute approximate surface area is 136 Å². The van der Waals surface area contributed by atoms with Gasteiger partial charge in [-0.05, 0) is 24.0 Å².